The van der Waals surface area contributed by atoms with Crippen molar-refractivity contribution in [1.82, 2.24) is 0 Å². The molecule has 1 aliphatic carbocycles. The largest absolute Gasteiger partial charge is 0.427 e. The maximum Gasteiger partial charge on any atom is 0.343 e. The van der Waals surface area contributed by atoms with Crippen LogP contribution in [0.25, 0.3) is 0 Å². The Hall–Kier alpha value is -1.97. The Labute approximate surface area is 97.9 Å². The van der Waals surface area contributed by atoms with Crippen LogP contribution >= 0.6 is 0 Å². The van der Waals surface area contributed by atoms with Crippen LogP contribution in [0.2, 0.25) is 0 Å². The summed E-state index contributed by atoms with van der Waals surface area (Å²) in [7, 11) is 0. The third kappa shape index (κ3) is 3.00. The fraction of sp³-hybridized carbons (Fsp3) is 0.231. The van der Waals surface area contributed by atoms with Crippen molar-refractivity contribution in [1.29, 1.82) is 0 Å². The summed E-state index contributed by atoms with van der Waals surface area (Å²) in [4.78, 5) is 22.8. The van der Waals surface area contributed by atoms with Gasteiger partial charge in [-0.2, -0.15) is 0 Å². The fourth-order valence-electron chi connectivity index (χ4n) is 1.61. The third-order valence-electron chi connectivity index (χ3n) is 2.47. The summed E-state index contributed by atoms with van der Waals surface area (Å²) in [5, 5.41) is 0. The molecule has 3 nitrogen and oxygen atoms in total. The first-order valence-electron chi connectivity index (χ1n) is 5.36. The molecule has 17 heavy (non-hydrogen) atoms. The van der Waals surface area contributed by atoms with Gasteiger partial charge in [-0.1, -0.05) is 0 Å². The Morgan fingerprint density at radius 3 is 2.53 bits per heavy atom. The number of rotatable bonds is 2. The van der Waals surface area contributed by atoms with Crippen LogP contribution in [0.1, 0.15) is 29.6 Å². The number of benzene rings is 1. The van der Waals surface area contributed by atoms with Crippen molar-refractivity contribution in [3.63, 3.8) is 0 Å². The van der Waals surface area contributed by atoms with E-state index in [9.17, 15) is 14.0 Å². The van der Waals surface area contributed by atoms with Gasteiger partial charge in [0, 0.05) is 18.9 Å². The highest BCUT2D eigenvalue weighted by atomic mass is 19.1. The average Bonchev–Trinajstić information content (AvgIpc) is 2.29. The molecule has 88 valence electrons. The van der Waals surface area contributed by atoms with Crippen LogP contribution in [0.4, 0.5) is 4.39 Å². The molecular weight excluding hydrogens is 223 g/mol. The van der Waals surface area contributed by atoms with E-state index in [-0.39, 0.29) is 11.3 Å². The van der Waals surface area contributed by atoms with Gasteiger partial charge >= 0.3 is 5.97 Å². The lowest BCUT2D eigenvalue weighted by atomic mass is 10.1. The van der Waals surface area contributed by atoms with Crippen molar-refractivity contribution in [2.45, 2.75) is 19.3 Å². The molecule has 1 aromatic carbocycles. The number of ketones is 1. The number of carbonyl (C=O) groups excluding carboxylic acids is 2. The minimum atomic E-state index is -0.564. The van der Waals surface area contributed by atoms with E-state index in [1.165, 1.54) is 30.3 Å². The molecule has 4 heteroatoms. The van der Waals surface area contributed by atoms with Gasteiger partial charge in [-0.25, -0.2) is 9.18 Å². The molecule has 0 amide bonds. The zero-order valence-electron chi connectivity index (χ0n) is 9.11. The van der Waals surface area contributed by atoms with Crippen LogP contribution in [-0.4, -0.2) is 11.8 Å². The minimum absolute atomic E-state index is 0.0295. The molecule has 0 aliphatic heterocycles. The molecule has 0 fully saturated rings. The second-order valence-corrected chi connectivity index (χ2v) is 3.83. The summed E-state index contributed by atoms with van der Waals surface area (Å²) < 4.78 is 17.7. The van der Waals surface area contributed by atoms with E-state index in [0.29, 0.717) is 25.0 Å². The first-order chi connectivity index (χ1) is 8.15. The van der Waals surface area contributed by atoms with Crippen molar-refractivity contribution < 1.29 is 18.7 Å². The normalized spacial score (nSPS) is 15.4. The van der Waals surface area contributed by atoms with Crippen LogP contribution in [-0.2, 0) is 9.53 Å². The highest BCUT2D eigenvalue weighted by Crippen LogP contribution is 2.18. The Balaban J connectivity index is 2.06. The van der Waals surface area contributed by atoms with Crippen molar-refractivity contribution in [2.75, 3.05) is 0 Å². The number of ether oxygens (including phenoxy) is 1. The molecule has 1 aromatic rings. The smallest absolute Gasteiger partial charge is 0.343 e. The third-order valence-corrected chi connectivity index (χ3v) is 2.47. The van der Waals surface area contributed by atoms with Crippen LogP contribution in [0.15, 0.2) is 36.1 Å². The van der Waals surface area contributed by atoms with E-state index in [1.54, 1.807) is 0 Å². The topological polar surface area (TPSA) is 43.4 Å². The molecule has 2 rings (SSSR count). The number of esters is 1. The maximum absolute atomic E-state index is 12.7. The summed E-state index contributed by atoms with van der Waals surface area (Å²) in [6.07, 6.45) is 3.13. The molecule has 0 bridgehead atoms. The lowest BCUT2D eigenvalue weighted by Gasteiger charge is -2.11. The van der Waals surface area contributed by atoms with E-state index in [4.69, 9.17) is 4.74 Å². The number of halogens is 1. The van der Waals surface area contributed by atoms with Gasteiger partial charge < -0.3 is 4.74 Å². The van der Waals surface area contributed by atoms with Gasteiger partial charge in [-0.3, -0.25) is 4.79 Å². The van der Waals surface area contributed by atoms with Crippen molar-refractivity contribution in [3.8, 4) is 0 Å². The number of allylic oxidation sites excluding steroid dienone is 2. The summed E-state index contributed by atoms with van der Waals surface area (Å²) in [5.41, 5.74) is 0.269. The Kier molecular flexibility index (Phi) is 3.32. The second-order valence-electron chi connectivity index (χ2n) is 3.83. The maximum atomic E-state index is 12.7. The van der Waals surface area contributed by atoms with Crippen LogP contribution in [0.3, 0.4) is 0 Å². The lowest BCUT2D eigenvalue weighted by Crippen LogP contribution is -2.10. The van der Waals surface area contributed by atoms with E-state index in [1.807, 2.05) is 0 Å². The Bertz CT molecular complexity index is 474. The predicted octanol–water partition coefficient (Wildman–Crippen LogP) is 2.62. The van der Waals surface area contributed by atoms with Gasteiger partial charge in [0.05, 0.1) is 5.56 Å². The van der Waals surface area contributed by atoms with Gasteiger partial charge in [0.15, 0.2) is 5.78 Å². The van der Waals surface area contributed by atoms with Crippen molar-refractivity contribution >= 4 is 11.8 Å². The standard InChI is InChI=1S/C13H11FO3/c14-10-6-4-9(5-7-10)13(16)17-12-3-1-2-11(15)8-12/h4-8H,1-3H2. The van der Waals surface area contributed by atoms with Gasteiger partial charge in [-0.05, 0) is 30.7 Å². The Morgan fingerprint density at radius 1 is 1.18 bits per heavy atom. The molecule has 0 radical (unpaired) electrons. The van der Waals surface area contributed by atoms with Gasteiger partial charge in [-0.15, -0.1) is 0 Å². The number of carbonyl (C=O) groups is 2. The summed E-state index contributed by atoms with van der Waals surface area (Å²) in [5.74, 6) is -0.617. The molecule has 0 spiro atoms. The highest BCUT2D eigenvalue weighted by Gasteiger charge is 2.15. The zero-order valence-corrected chi connectivity index (χ0v) is 9.11. The SMILES string of the molecule is O=C1C=C(OC(=O)c2ccc(F)cc2)CCC1. The zero-order chi connectivity index (χ0) is 12.3. The number of hydrogen-bond donors (Lipinski definition) is 0. The molecule has 0 heterocycles. The van der Waals surface area contributed by atoms with Gasteiger partial charge in [0.25, 0.3) is 0 Å². The fourth-order valence-corrected chi connectivity index (χ4v) is 1.61. The predicted molar refractivity (Wildman–Crippen MR) is 58.8 cm³/mol. The van der Waals surface area contributed by atoms with Crippen molar-refractivity contribution in [3.05, 3.63) is 47.5 Å². The second kappa shape index (κ2) is 4.91. The average molecular weight is 234 g/mol. The molecule has 1 aliphatic rings. The van der Waals surface area contributed by atoms with E-state index in [2.05, 4.69) is 0 Å². The lowest BCUT2D eigenvalue weighted by molar-refractivity contribution is -0.115. The van der Waals surface area contributed by atoms with E-state index < -0.39 is 11.8 Å². The van der Waals surface area contributed by atoms with Gasteiger partial charge in [0.1, 0.15) is 11.6 Å². The Morgan fingerprint density at radius 2 is 1.88 bits per heavy atom. The molecule has 0 aromatic heterocycles. The molecule has 0 saturated heterocycles. The quantitative estimate of drug-likeness (QED) is 0.739. The summed E-state index contributed by atoms with van der Waals surface area (Å²) in [6, 6.07) is 5.08. The highest BCUT2D eigenvalue weighted by molar-refractivity contribution is 5.93. The minimum Gasteiger partial charge on any atom is -0.427 e. The van der Waals surface area contributed by atoms with Crippen LogP contribution < -0.4 is 0 Å². The van der Waals surface area contributed by atoms with Crippen LogP contribution in [0.5, 0.6) is 0 Å². The number of hydrogen-bond acceptors (Lipinski definition) is 3. The van der Waals surface area contributed by atoms with Gasteiger partial charge in [0.2, 0.25) is 0 Å². The molecule has 0 unspecified atom stereocenters. The molecule has 0 atom stereocenters. The van der Waals surface area contributed by atoms with E-state index >= 15 is 0 Å². The molecule has 0 saturated carbocycles. The first kappa shape index (κ1) is 11.5. The molecule has 0 N–H and O–H groups in total. The van der Waals surface area contributed by atoms with Crippen LogP contribution in [0, 0.1) is 5.82 Å². The summed E-state index contributed by atoms with van der Waals surface area (Å²) >= 11 is 0. The summed E-state index contributed by atoms with van der Waals surface area (Å²) in [6.45, 7) is 0. The van der Waals surface area contributed by atoms with E-state index in [0.717, 1.165) is 0 Å². The van der Waals surface area contributed by atoms with Crippen molar-refractivity contribution in [2.24, 2.45) is 0 Å². The molecular formula is C13H11FO3. The first-order valence-corrected chi connectivity index (χ1v) is 5.36. The monoisotopic (exact) mass is 234 g/mol.